The molecule has 0 aliphatic heterocycles. The maximum atomic E-state index is 5.89. The Kier molecular flexibility index (Phi) is 10.8. The third kappa shape index (κ3) is 7.27. The van der Waals surface area contributed by atoms with Crippen molar-refractivity contribution < 1.29 is 9.47 Å². The van der Waals surface area contributed by atoms with E-state index in [1.165, 1.54) is 0 Å². The molecular weight excluding hydrogens is 471 g/mol. The fraction of sp³-hybridized carbons (Fsp3) is 0.526. The Labute approximate surface area is 184 Å². The van der Waals surface area contributed by atoms with Crippen LogP contribution in [0.2, 0.25) is 0 Å². The molecule has 0 aliphatic carbocycles. The van der Waals surface area contributed by atoms with Gasteiger partial charge in [0.2, 0.25) is 0 Å². The molecule has 1 aromatic heterocycles. The van der Waals surface area contributed by atoms with Gasteiger partial charge in [-0.15, -0.1) is 34.2 Å². The topological polar surface area (TPSA) is 76.8 Å². The predicted octanol–water partition coefficient (Wildman–Crippen LogP) is 2.15. The third-order valence-electron chi connectivity index (χ3n) is 4.28. The highest BCUT2D eigenvalue weighted by atomic mass is 127. The smallest absolute Gasteiger partial charge is 0.194 e. The van der Waals surface area contributed by atoms with Crippen molar-refractivity contribution >= 4 is 29.9 Å². The van der Waals surface area contributed by atoms with E-state index in [4.69, 9.17) is 9.47 Å². The van der Waals surface area contributed by atoms with Crippen LogP contribution in [0.4, 0.5) is 0 Å². The minimum Gasteiger partial charge on any atom is -0.491 e. The van der Waals surface area contributed by atoms with Gasteiger partial charge in [-0.05, 0) is 25.5 Å². The van der Waals surface area contributed by atoms with Gasteiger partial charge in [0.05, 0.1) is 13.2 Å². The molecule has 9 heteroatoms. The molecule has 0 saturated carbocycles. The molecule has 1 aromatic carbocycles. The van der Waals surface area contributed by atoms with Crippen LogP contribution in [0.1, 0.15) is 17.2 Å². The highest BCUT2D eigenvalue weighted by Crippen LogP contribution is 2.15. The van der Waals surface area contributed by atoms with Crippen LogP contribution in [0.15, 0.2) is 29.3 Å². The van der Waals surface area contributed by atoms with Gasteiger partial charge >= 0.3 is 0 Å². The van der Waals surface area contributed by atoms with E-state index in [2.05, 4.69) is 20.5 Å². The SMILES string of the molecule is COCCNC(=NCc1nnc(C)n1C)N(C)CCOc1ccccc1C.I. The quantitative estimate of drug-likeness (QED) is 0.245. The number of halogens is 1. The van der Waals surface area contributed by atoms with Crippen LogP contribution < -0.4 is 10.1 Å². The van der Waals surface area contributed by atoms with E-state index in [-0.39, 0.29) is 24.0 Å². The Bertz CT molecular complexity index is 750. The second kappa shape index (κ2) is 12.6. The molecular formula is C19H31IN6O2. The molecule has 0 radical (unpaired) electrons. The number of para-hydroxylation sites is 1. The highest BCUT2D eigenvalue weighted by Gasteiger charge is 2.09. The fourth-order valence-corrected chi connectivity index (χ4v) is 2.43. The molecule has 156 valence electrons. The summed E-state index contributed by atoms with van der Waals surface area (Å²) in [7, 11) is 5.61. The summed E-state index contributed by atoms with van der Waals surface area (Å²) in [6, 6.07) is 8.01. The number of aromatic nitrogens is 3. The van der Waals surface area contributed by atoms with Crippen LogP contribution in [0.5, 0.6) is 5.75 Å². The summed E-state index contributed by atoms with van der Waals surface area (Å²) in [5, 5.41) is 11.6. The first-order valence-corrected chi connectivity index (χ1v) is 9.04. The minimum atomic E-state index is 0. The van der Waals surface area contributed by atoms with Gasteiger partial charge in [-0.25, -0.2) is 4.99 Å². The Balaban J connectivity index is 0.00000392. The van der Waals surface area contributed by atoms with E-state index < -0.39 is 0 Å². The lowest BCUT2D eigenvalue weighted by Gasteiger charge is -2.22. The van der Waals surface area contributed by atoms with Crippen LogP contribution in [0.3, 0.4) is 0 Å². The van der Waals surface area contributed by atoms with Crippen LogP contribution >= 0.6 is 24.0 Å². The monoisotopic (exact) mass is 502 g/mol. The molecule has 0 amide bonds. The standard InChI is InChI=1S/C19H30N6O2.HI/c1-15-8-6-7-9-17(15)27-13-11-24(3)19(20-10-12-26-5)21-14-18-23-22-16(2)25(18)4;/h6-9H,10-14H2,1-5H3,(H,20,21);1H. The molecule has 0 fully saturated rings. The van der Waals surface area contributed by atoms with Gasteiger partial charge < -0.3 is 24.3 Å². The third-order valence-corrected chi connectivity index (χ3v) is 4.28. The Morgan fingerprint density at radius 1 is 1.21 bits per heavy atom. The van der Waals surface area contributed by atoms with Crippen LogP contribution in [-0.2, 0) is 18.3 Å². The van der Waals surface area contributed by atoms with E-state index in [9.17, 15) is 0 Å². The summed E-state index contributed by atoms with van der Waals surface area (Å²) in [5.41, 5.74) is 1.13. The van der Waals surface area contributed by atoms with Crippen molar-refractivity contribution in [1.29, 1.82) is 0 Å². The first-order chi connectivity index (χ1) is 13.0. The molecule has 2 aromatic rings. The number of guanidine groups is 1. The second-order valence-electron chi connectivity index (χ2n) is 6.32. The predicted molar refractivity (Wildman–Crippen MR) is 121 cm³/mol. The lowest BCUT2D eigenvalue weighted by atomic mass is 10.2. The van der Waals surface area contributed by atoms with Gasteiger partial charge in [0.15, 0.2) is 11.8 Å². The number of aryl methyl sites for hydroxylation is 2. The number of aliphatic imine (C=N–C) groups is 1. The second-order valence-corrected chi connectivity index (χ2v) is 6.32. The zero-order valence-electron chi connectivity index (χ0n) is 17.3. The van der Waals surface area contributed by atoms with Gasteiger partial charge in [0, 0.05) is 27.7 Å². The van der Waals surface area contributed by atoms with Crippen molar-refractivity contribution in [2.75, 3.05) is 40.5 Å². The summed E-state index contributed by atoms with van der Waals surface area (Å²) < 4.78 is 13.0. The Morgan fingerprint density at radius 2 is 1.96 bits per heavy atom. The van der Waals surface area contributed by atoms with E-state index in [0.717, 1.165) is 28.9 Å². The number of likely N-dealkylation sites (N-methyl/N-ethyl adjacent to an activating group) is 1. The van der Waals surface area contributed by atoms with Crippen molar-refractivity contribution in [2.24, 2.45) is 12.0 Å². The van der Waals surface area contributed by atoms with Gasteiger partial charge in [-0.2, -0.15) is 0 Å². The fourth-order valence-electron chi connectivity index (χ4n) is 2.43. The van der Waals surface area contributed by atoms with E-state index >= 15 is 0 Å². The Hall–Kier alpha value is -1.88. The molecule has 0 atom stereocenters. The maximum Gasteiger partial charge on any atom is 0.194 e. The number of methoxy groups -OCH3 is 1. The summed E-state index contributed by atoms with van der Waals surface area (Å²) in [4.78, 5) is 6.72. The summed E-state index contributed by atoms with van der Waals surface area (Å²) in [6.45, 7) is 6.97. The Morgan fingerprint density at radius 3 is 2.61 bits per heavy atom. The zero-order valence-corrected chi connectivity index (χ0v) is 19.6. The summed E-state index contributed by atoms with van der Waals surface area (Å²) in [5.74, 6) is 3.38. The molecule has 0 saturated heterocycles. The van der Waals surface area contributed by atoms with Gasteiger partial charge in [0.25, 0.3) is 0 Å². The van der Waals surface area contributed by atoms with Crippen LogP contribution in [-0.4, -0.2) is 66.1 Å². The number of benzene rings is 1. The van der Waals surface area contributed by atoms with Gasteiger partial charge in [0.1, 0.15) is 24.7 Å². The van der Waals surface area contributed by atoms with E-state index in [1.54, 1.807) is 7.11 Å². The number of ether oxygens (including phenoxy) is 2. The maximum absolute atomic E-state index is 5.89. The van der Waals surface area contributed by atoms with Crippen molar-refractivity contribution in [3.8, 4) is 5.75 Å². The molecule has 1 N–H and O–H groups in total. The average molecular weight is 502 g/mol. The largest absolute Gasteiger partial charge is 0.491 e. The molecule has 1 heterocycles. The van der Waals surface area contributed by atoms with Crippen molar-refractivity contribution in [2.45, 2.75) is 20.4 Å². The molecule has 0 spiro atoms. The van der Waals surface area contributed by atoms with Crippen LogP contribution in [0.25, 0.3) is 0 Å². The molecule has 2 rings (SSSR count). The highest BCUT2D eigenvalue weighted by molar-refractivity contribution is 14.0. The molecule has 0 bridgehead atoms. The molecule has 0 aliphatic rings. The number of rotatable bonds is 9. The van der Waals surface area contributed by atoms with Gasteiger partial charge in [-0.1, -0.05) is 18.2 Å². The zero-order chi connectivity index (χ0) is 19.6. The number of hydrogen-bond acceptors (Lipinski definition) is 5. The molecule has 8 nitrogen and oxygen atoms in total. The number of nitrogens with zero attached hydrogens (tertiary/aromatic N) is 5. The average Bonchev–Trinajstić information content (AvgIpc) is 2.98. The first kappa shape index (κ1) is 24.2. The van der Waals surface area contributed by atoms with E-state index in [1.807, 2.05) is 61.7 Å². The lowest BCUT2D eigenvalue weighted by molar-refractivity contribution is 0.202. The minimum absolute atomic E-state index is 0. The lowest BCUT2D eigenvalue weighted by Crippen LogP contribution is -2.42. The number of hydrogen-bond donors (Lipinski definition) is 1. The molecule has 0 unspecified atom stereocenters. The van der Waals surface area contributed by atoms with Crippen molar-refractivity contribution in [3.63, 3.8) is 0 Å². The van der Waals surface area contributed by atoms with Crippen LogP contribution in [0, 0.1) is 13.8 Å². The molecule has 28 heavy (non-hydrogen) atoms. The first-order valence-electron chi connectivity index (χ1n) is 9.04. The summed E-state index contributed by atoms with van der Waals surface area (Å²) >= 11 is 0. The van der Waals surface area contributed by atoms with Gasteiger partial charge in [-0.3, -0.25) is 0 Å². The van der Waals surface area contributed by atoms with Crippen molar-refractivity contribution in [1.82, 2.24) is 25.0 Å². The number of nitrogens with one attached hydrogen (secondary N) is 1. The van der Waals surface area contributed by atoms with Crippen molar-refractivity contribution in [3.05, 3.63) is 41.5 Å². The normalized spacial score (nSPS) is 11.1. The van der Waals surface area contributed by atoms with E-state index in [0.29, 0.717) is 32.8 Å². The summed E-state index contributed by atoms with van der Waals surface area (Å²) in [6.07, 6.45) is 0.